The van der Waals surface area contributed by atoms with Crippen molar-refractivity contribution in [2.24, 2.45) is 17.6 Å². The largest absolute Gasteiger partial charge is 0.327 e. The van der Waals surface area contributed by atoms with Crippen molar-refractivity contribution >= 4 is 0 Å². The summed E-state index contributed by atoms with van der Waals surface area (Å²) in [6.45, 7) is 11.8. The molecule has 1 rings (SSSR count). The lowest BCUT2D eigenvalue weighted by atomic mass is 9.62. The van der Waals surface area contributed by atoms with Gasteiger partial charge >= 0.3 is 0 Å². The molecule has 0 aromatic carbocycles. The lowest BCUT2D eigenvalue weighted by Gasteiger charge is -2.55. The second kappa shape index (κ2) is 8.16. The molecule has 2 heteroatoms. The van der Waals surface area contributed by atoms with Gasteiger partial charge in [-0.1, -0.05) is 53.4 Å². The molecule has 108 valence electrons. The summed E-state index contributed by atoms with van der Waals surface area (Å²) >= 11 is 0. The first-order chi connectivity index (χ1) is 8.71. The van der Waals surface area contributed by atoms with E-state index in [1.165, 1.54) is 51.6 Å². The van der Waals surface area contributed by atoms with Crippen molar-refractivity contribution in [2.75, 3.05) is 13.1 Å². The van der Waals surface area contributed by atoms with Crippen molar-refractivity contribution in [3.63, 3.8) is 0 Å². The lowest BCUT2D eigenvalue weighted by Crippen LogP contribution is -2.66. The SMILES string of the molecule is CCCCN(CCCC)C1C(CC)C(N)C1CC. The van der Waals surface area contributed by atoms with Crippen LogP contribution in [0.3, 0.4) is 0 Å². The van der Waals surface area contributed by atoms with Crippen LogP contribution in [-0.4, -0.2) is 30.1 Å². The minimum absolute atomic E-state index is 0.454. The fourth-order valence-corrected chi connectivity index (χ4v) is 3.65. The summed E-state index contributed by atoms with van der Waals surface area (Å²) in [4.78, 5) is 2.76. The maximum atomic E-state index is 6.35. The molecule has 0 radical (unpaired) electrons. The molecule has 0 aromatic rings. The van der Waals surface area contributed by atoms with E-state index in [4.69, 9.17) is 5.73 Å². The van der Waals surface area contributed by atoms with Gasteiger partial charge in [-0.25, -0.2) is 0 Å². The second-order valence-corrected chi connectivity index (χ2v) is 5.96. The molecule has 0 spiro atoms. The Bertz CT molecular complexity index is 197. The molecule has 1 aliphatic rings. The van der Waals surface area contributed by atoms with Crippen LogP contribution in [0.25, 0.3) is 0 Å². The monoisotopic (exact) mass is 254 g/mol. The molecule has 2 unspecified atom stereocenters. The van der Waals surface area contributed by atoms with E-state index in [0.29, 0.717) is 6.04 Å². The molecule has 0 amide bonds. The molecular formula is C16H34N2. The summed E-state index contributed by atoms with van der Waals surface area (Å²) in [6.07, 6.45) is 7.77. The molecule has 2 nitrogen and oxygen atoms in total. The zero-order valence-electron chi connectivity index (χ0n) is 13.0. The Kier molecular flexibility index (Phi) is 7.25. The van der Waals surface area contributed by atoms with E-state index < -0.39 is 0 Å². The summed E-state index contributed by atoms with van der Waals surface area (Å²) < 4.78 is 0. The third kappa shape index (κ3) is 3.48. The van der Waals surface area contributed by atoms with Gasteiger partial charge in [-0.3, -0.25) is 4.90 Å². The average Bonchev–Trinajstić information content (AvgIpc) is 2.38. The van der Waals surface area contributed by atoms with Crippen molar-refractivity contribution in [1.82, 2.24) is 4.90 Å². The highest BCUT2D eigenvalue weighted by Crippen LogP contribution is 2.41. The van der Waals surface area contributed by atoms with Gasteiger partial charge in [0.25, 0.3) is 0 Å². The third-order valence-electron chi connectivity index (χ3n) is 4.83. The van der Waals surface area contributed by atoms with Crippen LogP contribution in [0.5, 0.6) is 0 Å². The Morgan fingerprint density at radius 2 is 1.28 bits per heavy atom. The van der Waals surface area contributed by atoms with Gasteiger partial charge in [0.05, 0.1) is 0 Å². The minimum Gasteiger partial charge on any atom is -0.327 e. The average molecular weight is 254 g/mol. The first-order valence-corrected chi connectivity index (χ1v) is 8.20. The topological polar surface area (TPSA) is 29.3 Å². The zero-order chi connectivity index (χ0) is 13.5. The van der Waals surface area contributed by atoms with E-state index in [-0.39, 0.29) is 0 Å². The van der Waals surface area contributed by atoms with Gasteiger partial charge in [0, 0.05) is 12.1 Å². The van der Waals surface area contributed by atoms with Crippen LogP contribution in [-0.2, 0) is 0 Å². The van der Waals surface area contributed by atoms with Crippen LogP contribution in [0.4, 0.5) is 0 Å². The van der Waals surface area contributed by atoms with Gasteiger partial charge in [0.1, 0.15) is 0 Å². The first kappa shape index (κ1) is 16.0. The maximum absolute atomic E-state index is 6.35. The maximum Gasteiger partial charge on any atom is 0.0181 e. The molecule has 2 N–H and O–H groups in total. The van der Waals surface area contributed by atoms with E-state index in [1.54, 1.807) is 0 Å². The predicted molar refractivity (Wildman–Crippen MR) is 80.7 cm³/mol. The Labute approximate surface area is 114 Å². The molecule has 0 heterocycles. The van der Waals surface area contributed by atoms with Gasteiger partial charge in [0.15, 0.2) is 0 Å². The molecule has 18 heavy (non-hydrogen) atoms. The molecule has 0 saturated heterocycles. The van der Waals surface area contributed by atoms with Crippen molar-refractivity contribution in [1.29, 1.82) is 0 Å². The number of nitrogens with zero attached hydrogens (tertiary/aromatic N) is 1. The number of unbranched alkanes of at least 4 members (excludes halogenated alkanes) is 2. The summed E-state index contributed by atoms with van der Waals surface area (Å²) in [7, 11) is 0. The smallest absolute Gasteiger partial charge is 0.0181 e. The first-order valence-electron chi connectivity index (χ1n) is 8.20. The van der Waals surface area contributed by atoms with Gasteiger partial charge in [-0.15, -0.1) is 0 Å². The predicted octanol–water partition coefficient (Wildman–Crippen LogP) is 3.65. The highest BCUT2D eigenvalue weighted by molar-refractivity contribution is 5.04. The van der Waals surface area contributed by atoms with Crippen LogP contribution in [0.15, 0.2) is 0 Å². The molecule has 0 bridgehead atoms. The molecule has 1 saturated carbocycles. The van der Waals surface area contributed by atoms with Crippen LogP contribution in [0.2, 0.25) is 0 Å². The van der Waals surface area contributed by atoms with Crippen LogP contribution < -0.4 is 5.73 Å². The van der Waals surface area contributed by atoms with E-state index in [0.717, 1.165) is 17.9 Å². The Morgan fingerprint density at radius 3 is 1.61 bits per heavy atom. The van der Waals surface area contributed by atoms with E-state index >= 15 is 0 Å². The highest BCUT2D eigenvalue weighted by atomic mass is 15.2. The van der Waals surface area contributed by atoms with E-state index in [2.05, 4.69) is 32.6 Å². The van der Waals surface area contributed by atoms with Crippen molar-refractivity contribution < 1.29 is 0 Å². The highest BCUT2D eigenvalue weighted by Gasteiger charge is 2.48. The van der Waals surface area contributed by atoms with Gasteiger partial charge in [-0.05, 0) is 37.8 Å². The van der Waals surface area contributed by atoms with Gasteiger partial charge in [0.2, 0.25) is 0 Å². The fourth-order valence-electron chi connectivity index (χ4n) is 3.65. The third-order valence-corrected chi connectivity index (χ3v) is 4.83. The van der Waals surface area contributed by atoms with Crippen molar-refractivity contribution in [3.05, 3.63) is 0 Å². The molecule has 0 aliphatic heterocycles. The summed E-state index contributed by atoms with van der Waals surface area (Å²) in [6, 6.07) is 1.23. The lowest BCUT2D eigenvalue weighted by molar-refractivity contribution is -0.0289. The molecule has 1 fully saturated rings. The summed E-state index contributed by atoms with van der Waals surface area (Å²) in [5.74, 6) is 1.48. The zero-order valence-corrected chi connectivity index (χ0v) is 13.0. The Hall–Kier alpha value is -0.0800. The molecule has 1 aliphatic carbocycles. The molecular weight excluding hydrogens is 220 g/mol. The second-order valence-electron chi connectivity index (χ2n) is 5.96. The number of hydrogen-bond donors (Lipinski definition) is 1. The van der Waals surface area contributed by atoms with Gasteiger partial charge < -0.3 is 5.73 Å². The van der Waals surface area contributed by atoms with Crippen molar-refractivity contribution in [3.8, 4) is 0 Å². The number of rotatable bonds is 9. The molecule has 0 aromatic heterocycles. The minimum atomic E-state index is 0.454. The quantitative estimate of drug-likeness (QED) is 0.680. The Morgan fingerprint density at radius 1 is 0.833 bits per heavy atom. The van der Waals surface area contributed by atoms with Gasteiger partial charge in [-0.2, -0.15) is 0 Å². The number of hydrogen-bond acceptors (Lipinski definition) is 2. The van der Waals surface area contributed by atoms with Crippen LogP contribution in [0, 0.1) is 11.8 Å². The van der Waals surface area contributed by atoms with E-state index in [1.807, 2.05) is 0 Å². The van der Waals surface area contributed by atoms with Crippen LogP contribution in [0.1, 0.15) is 66.2 Å². The van der Waals surface area contributed by atoms with E-state index in [9.17, 15) is 0 Å². The van der Waals surface area contributed by atoms with Crippen LogP contribution >= 0.6 is 0 Å². The molecule has 2 atom stereocenters. The normalized spacial score (nSPS) is 31.7. The number of nitrogens with two attached hydrogens (primary N) is 1. The Balaban J connectivity index is 2.62. The summed E-state index contributed by atoms with van der Waals surface area (Å²) in [5, 5.41) is 0. The standard InChI is InChI=1S/C16H34N2/c1-5-9-11-18(12-10-6-2)16-13(7-3)15(17)14(16)8-4/h13-16H,5-12,17H2,1-4H3. The fraction of sp³-hybridized carbons (Fsp3) is 1.00. The summed E-state index contributed by atoms with van der Waals surface area (Å²) in [5.41, 5.74) is 6.35. The van der Waals surface area contributed by atoms with Crippen molar-refractivity contribution in [2.45, 2.75) is 78.3 Å².